The van der Waals surface area contributed by atoms with Crippen LogP contribution in [0.2, 0.25) is 0 Å². The van der Waals surface area contributed by atoms with E-state index in [1.165, 1.54) is 5.56 Å². The average molecular weight is 425 g/mol. The molecule has 0 radical (unpaired) electrons. The van der Waals surface area contributed by atoms with Crippen molar-refractivity contribution in [1.29, 1.82) is 0 Å². The summed E-state index contributed by atoms with van der Waals surface area (Å²) in [7, 11) is 0. The molecule has 8 nitrogen and oxygen atoms in total. The molecule has 0 amide bonds. The molecule has 1 unspecified atom stereocenters. The normalized spacial score (nSPS) is 17.2. The summed E-state index contributed by atoms with van der Waals surface area (Å²) in [5.41, 5.74) is 3.67. The first-order chi connectivity index (χ1) is 14.7. The third kappa shape index (κ3) is 4.70. The van der Waals surface area contributed by atoms with Crippen molar-refractivity contribution in [3.05, 3.63) is 51.1 Å². The van der Waals surface area contributed by atoms with Gasteiger partial charge in [0.25, 0.3) is 5.56 Å². The van der Waals surface area contributed by atoms with Crippen molar-refractivity contribution in [2.75, 3.05) is 13.2 Å². The van der Waals surface area contributed by atoms with E-state index < -0.39 is 0 Å². The van der Waals surface area contributed by atoms with Crippen molar-refractivity contribution >= 4 is 10.9 Å². The van der Waals surface area contributed by atoms with Gasteiger partial charge in [0.1, 0.15) is 0 Å². The Balaban J connectivity index is 1.65. The zero-order valence-corrected chi connectivity index (χ0v) is 19.1. The van der Waals surface area contributed by atoms with Gasteiger partial charge in [0.15, 0.2) is 5.82 Å². The fraction of sp³-hybridized carbons (Fsp3) is 0.565. The number of nitrogens with zero attached hydrogens (tertiary/aromatic N) is 5. The summed E-state index contributed by atoms with van der Waals surface area (Å²) in [4.78, 5) is 18.3. The molecule has 1 saturated heterocycles. The van der Waals surface area contributed by atoms with Gasteiger partial charge in [-0.05, 0) is 80.5 Å². The molecule has 0 saturated carbocycles. The lowest BCUT2D eigenvalue weighted by atomic mass is 10.0. The molecule has 3 heterocycles. The number of tetrazole rings is 1. The highest BCUT2D eigenvalue weighted by molar-refractivity contribution is 5.83. The van der Waals surface area contributed by atoms with Crippen LogP contribution >= 0.6 is 0 Å². The second kappa shape index (κ2) is 8.51. The van der Waals surface area contributed by atoms with E-state index in [-0.39, 0.29) is 17.2 Å². The van der Waals surface area contributed by atoms with Crippen LogP contribution in [0.1, 0.15) is 56.1 Å². The lowest BCUT2D eigenvalue weighted by Crippen LogP contribution is -2.35. The fourth-order valence-corrected chi connectivity index (χ4v) is 4.22. The molecule has 4 rings (SSSR count). The SMILES string of the molecule is Cc1ccc2cc(CN(Cc3nnnn3C(C)(C)C)CC3CCCO3)c(=O)[nH]c2c1C. The molecule has 166 valence electrons. The number of hydrogen-bond donors (Lipinski definition) is 1. The zero-order chi connectivity index (χ0) is 22.2. The number of H-pyrrole nitrogens is 1. The predicted octanol–water partition coefficient (Wildman–Crippen LogP) is 3.07. The van der Waals surface area contributed by atoms with Gasteiger partial charge in [0.05, 0.1) is 23.7 Å². The Kier molecular flexibility index (Phi) is 5.94. The number of benzene rings is 1. The molecule has 0 bridgehead atoms. The molecule has 31 heavy (non-hydrogen) atoms. The van der Waals surface area contributed by atoms with E-state index in [9.17, 15) is 4.79 Å². The number of ether oxygens (including phenoxy) is 1. The third-order valence-corrected chi connectivity index (χ3v) is 6.04. The second-order valence-corrected chi connectivity index (χ2v) is 9.58. The monoisotopic (exact) mass is 424 g/mol. The molecule has 0 spiro atoms. The largest absolute Gasteiger partial charge is 0.377 e. The lowest BCUT2D eigenvalue weighted by Gasteiger charge is -2.26. The number of aryl methyl sites for hydroxylation is 2. The van der Waals surface area contributed by atoms with E-state index >= 15 is 0 Å². The van der Waals surface area contributed by atoms with Crippen molar-refractivity contribution < 1.29 is 4.74 Å². The molecular weight excluding hydrogens is 392 g/mol. The van der Waals surface area contributed by atoms with Crippen LogP contribution in [-0.2, 0) is 23.4 Å². The number of fused-ring (bicyclic) bond motifs is 1. The van der Waals surface area contributed by atoms with Crippen molar-refractivity contribution in [2.45, 2.75) is 72.2 Å². The number of aromatic nitrogens is 5. The molecule has 1 atom stereocenters. The van der Waals surface area contributed by atoms with Crippen molar-refractivity contribution in [3.8, 4) is 0 Å². The number of nitrogens with one attached hydrogen (secondary N) is 1. The Labute approximate surface area is 182 Å². The standard InChI is InChI=1S/C23H32N6O2/c1-15-8-9-17-11-18(22(30)24-21(17)16(15)2)12-28(13-19-7-6-10-31-19)14-20-25-26-27-29(20)23(3,4)5/h8-9,11,19H,6-7,10,12-14H2,1-5H3,(H,24,30). The quantitative estimate of drug-likeness (QED) is 0.654. The highest BCUT2D eigenvalue weighted by Crippen LogP contribution is 2.21. The summed E-state index contributed by atoms with van der Waals surface area (Å²) in [5.74, 6) is 0.786. The van der Waals surface area contributed by atoms with Crippen LogP contribution < -0.4 is 5.56 Å². The first kappa shape index (κ1) is 21.6. The molecule has 2 aromatic heterocycles. The van der Waals surface area contributed by atoms with Gasteiger partial charge in [-0.25, -0.2) is 4.68 Å². The highest BCUT2D eigenvalue weighted by atomic mass is 16.5. The highest BCUT2D eigenvalue weighted by Gasteiger charge is 2.25. The molecule has 1 aromatic carbocycles. The molecule has 8 heteroatoms. The number of pyridine rings is 1. The van der Waals surface area contributed by atoms with Crippen LogP contribution in [-0.4, -0.2) is 49.3 Å². The predicted molar refractivity (Wildman–Crippen MR) is 120 cm³/mol. The first-order valence-electron chi connectivity index (χ1n) is 11.0. The van der Waals surface area contributed by atoms with Crippen LogP contribution in [0.4, 0.5) is 0 Å². The maximum atomic E-state index is 12.9. The van der Waals surface area contributed by atoms with Gasteiger partial charge >= 0.3 is 0 Å². The second-order valence-electron chi connectivity index (χ2n) is 9.58. The van der Waals surface area contributed by atoms with Gasteiger partial charge < -0.3 is 9.72 Å². The van der Waals surface area contributed by atoms with Crippen molar-refractivity contribution in [2.24, 2.45) is 0 Å². The minimum absolute atomic E-state index is 0.0473. The molecule has 1 aliphatic heterocycles. The molecule has 1 fully saturated rings. The van der Waals surface area contributed by atoms with Gasteiger partial charge in [-0.2, -0.15) is 0 Å². The van der Waals surface area contributed by atoms with Crippen LogP contribution in [0, 0.1) is 13.8 Å². The van der Waals surface area contributed by atoms with E-state index in [4.69, 9.17) is 4.74 Å². The number of hydrogen-bond acceptors (Lipinski definition) is 6. The summed E-state index contributed by atoms with van der Waals surface area (Å²) >= 11 is 0. The lowest BCUT2D eigenvalue weighted by molar-refractivity contribution is 0.0657. The number of aromatic amines is 1. The zero-order valence-electron chi connectivity index (χ0n) is 19.1. The van der Waals surface area contributed by atoms with E-state index in [2.05, 4.69) is 65.2 Å². The van der Waals surface area contributed by atoms with E-state index in [0.29, 0.717) is 13.1 Å². The Hall–Kier alpha value is -2.58. The molecule has 0 aliphatic carbocycles. The van der Waals surface area contributed by atoms with Gasteiger partial charge in [0, 0.05) is 25.3 Å². The van der Waals surface area contributed by atoms with E-state index in [0.717, 1.165) is 53.8 Å². The minimum atomic E-state index is -0.218. The van der Waals surface area contributed by atoms with Gasteiger partial charge in [-0.15, -0.1) is 5.10 Å². The Morgan fingerprint density at radius 1 is 1.26 bits per heavy atom. The Morgan fingerprint density at radius 3 is 2.77 bits per heavy atom. The molecule has 3 aromatic rings. The summed E-state index contributed by atoms with van der Waals surface area (Å²) in [6.07, 6.45) is 2.28. The van der Waals surface area contributed by atoms with Crippen LogP contribution in [0.5, 0.6) is 0 Å². The summed E-state index contributed by atoms with van der Waals surface area (Å²) in [6.45, 7) is 12.9. The van der Waals surface area contributed by atoms with Gasteiger partial charge in [-0.3, -0.25) is 9.69 Å². The topological polar surface area (TPSA) is 88.9 Å². The fourth-order valence-electron chi connectivity index (χ4n) is 4.22. The van der Waals surface area contributed by atoms with Crippen molar-refractivity contribution in [3.63, 3.8) is 0 Å². The van der Waals surface area contributed by atoms with E-state index in [1.54, 1.807) is 0 Å². The van der Waals surface area contributed by atoms with Crippen molar-refractivity contribution in [1.82, 2.24) is 30.1 Å². The maximum Gasteiger partial charge on any atom is 0.252 e. The van der Waals surface area contributed by atoms with Crippen LogP contribution in [0.25, 0.3) is 10.9 Å². The number of rotatable bonds is 6. The smallest absolute Gasteiger partial charge is 0.252 e. The van der Waals surface area contributed by atoms with Crippen LogP contribution in [0.3, 0.4) is 0 Å². The van der Waals surface area contributed by atoms with Gasteiger partial charge in [0.2, 0.25) is 0 Å². The summed E-state index contributed by atoms with van der Waals surface area (Å²) < 4.78 is 7.73. The molecule has 1 N–H and O–H groups in total. The Bertz CT molecular complexity index is 1120. The third-order valence-electron chi connectivity index (χ3n) is 6.04. The average Bonchev–Trinajstić information content (AvgIpc) is 3.38. The van der Waals surface area contributed by atoms with E-state index in [1.807, 2.05) is 17.7 Å². The summed E-state index contributed by atoms with van der Waals surface area (Å²) in [5, 5.41) is 13.4. The summed E-state index contributed by atoms with van der Waals surface area (Å²) in [6, 6.07) is 6.18. The Morgan fingerprint density at radius 2 is 2.06 bits per heavy atom. The van der Waals surface area contributed by atoms with Crippen LogP contribution in [0.15, 0.2) is 23.0 Å². The minimum Gasteiger partial charge on any atom is -0.377 e. The molecule has 1 aliphatic rings. The van der Waals surface area contributed by atoms with Gasteiger partial charge in [-0.1, -0.05) is 12.1 Å². The maximum absolute atomic E-state index is 12.9. The molecular formula is C23H32N6O2. The first-order valence-corrected chi connectivity index (χ1v) is 11.0.